The number of hydrogen-bond donors (Lipinski definition) is 0. The molecule has 5 aliphatic carbocycles. The molecule has 58 heavy (non-hydrogen) atoms. The Morgan fingerprint density at radius 3 is 2.02 bits per heavy atom. The summed E-state index contributed by atoms with van der Waals surface area (Å²) >= 11 is 0. The Morgan fingerprint density at radius 1 is 0.517 bits per heavy atom. The molecule has 15 rings (SSSR count). The third-order valence-corrected chi connectivity index (χ3v) is 16.3. The molecule has 2 heterocycles. The van der Waals surface area contributed by atoms with Crippen LogP contribution in [0.3, 0.4) is 0 Å². The SMILES string of the molecule is c1ccc2c(c1)-c1c(ccc3c1c1ccc4ccccc4c1n3-c1nc(-c3ccc4ccccc4c3)c3ccc4ccccc4c3n1)C21C2CC3CC4CC1C2(C3)C4. The van der Waals surface area contributed by atoms with Crippen molar-refractivity contribution in [1.82, 2.24) is 14.5 Å². The lowest BCUT2D eigenvalue weighted by atomic mass is 9.38. The van der Waals surface area contributed by atoms with Crippen LogP contribution in [0.5, 0.6) is 0 Å². The minimum Gasteiger partial charge on any atom is -0.277 e. The summed E-state index contributed by atoms with van der Waals surface area (Å²) in [7, 11) is 0. The van der Waals surface area contributed by atoms with E-state index in [2.05, 4.69) is 156 Å². The van der Waals surface area contributed by atoms with E-state index in [4.69, 9.17) is 9.97 Å². The smallest absolute Gasteiger partial charge is 0.235 e. The minimum absolute atomic E-state index is 0.122. The zero-order valence-corrected chi connectivity index (χ0v) is 32.1. The van der Waals surface area contributed by atoms with Gasteiger partial charge in [0.05, 0.1) is 22.2 Å². The van der Waals surface area contributed by atoms with Crippen LogP contribution in [0.1, 0.15) is 43.2 Å². The second kappa shape index (κ2) is 10.4. The van der Waals surface area contributed by atoms with Gasteiger partial charge in [-0.25, -0.2) is 9.97 Å². The van der Waals surface area contributed by atoms with Gasteiger partial charge in [0.25, 0.3) is 0 Å². The Morgan fingerprint density at radius 2 is 1.19 bits per heavy atom. The highest BCUT2D eigenvalue weighted by molar-refractivity contribution is 6.23. The van der Waals surface area contributed by atoms with Crippen LogP contribution in [-0.4, -0.2) is 14.5 Å². The van der Waals surface area contributed by atoms with E-state index in [0.717, 1.165) is 57.2 Å². The normalized spacial score (nSPS) is 26.1. The summed E-state index contributed by atoms with van der Waals surface area (Å²) in [5.74, 6) is 4.05. The molecule has 3 nitrogen and oxygen atoms in total. The Labute approximate surface area is 336 Å². The molecule has 4 fully saturated rings. The predicted molar refractivity (Wildman–Crippen MR) is 238 cm³/mol. The van der Waals surface area contributed by atoms with Crippen molar-refractivity contribution in [3.63, 3.8) is 0 Å². The van der Waals surface area contributed by atoms with Crippen molar-refractivity contribution >= 4 is 65.0 Å². The van der Waals surface area contributed by atoms with Gasteiger partial charge in [-0.05, 0) is 123 Å². The lowest BCUT2D eigenvalue weighted by Crippen LogP contribution is -2.62. The van der Waals surface area contributed by atoms with Crippen LogP contribution in [0.4, 0.5) is 0 Å². The summed E-state index contributed by atoms with van der Waals surface area (Å²) < 4.78 is 2.43. The van der Waals surface area contributed by atoms with Crippen LogP contribution in [0.25, 0.3) is 93.4 Å². The zero-order valence-electron chi connectivity index (χ0n) is 32.1. The maximum absolute atomic E-state index is 5.68. The molecule has 2 spiro atoms. The molecule has 0 aliphatic heterocycles. The number of hydrogen-bond acceptors (Lipinski definition) is 2. The molecule has 0 radical (unpaired) electrons. The van der Waals surface area contributed by atoms with E-state index in [1.165, 1.54) is 92.0 Å². The van der Waals surface area contributed by atoms with E-state index < -0.39 is 0 Å². The average molecular weight is 742 g/mol. The Hall–Kier alpha value is -6.32. The topological polar surface area (TPSA) is 30.7 Å². The molecule has 4 unspecified atom stereocenters. The number of fused-ring (bicyclic) bond motifs is 19. The molecule has 3 heteroatoms. The molecule has 274 valence electrons. The molecule has 0 N–H and O–H groups in total. The second-order valence-electron chi connectivity index (χ2n) is 18.6. The van der Waals surface area contributed by atoms with Crippen molar-refractivity contribution < 1.29 is 0 Å². The van der Waals surface area contributed by atoms with Gasteiger partial charge in [0.1, 0.15) is 0 Å². The third-order valence-electron chi connectivity index (χ3n) is 16.3. The van der Waals surface area contributed by atoms with Crippen molar-refractivity contribution in [2.75, 3.05) is 0 Å². The van der Waals surface area contributed by atoms with Gasteiger partial charge in [-0.3, -0.25) is 4.57 Å². The summed E-state index contributed by atoms with van der Waals surface area (Å²) in [5, 5.41) is 10.9. The molecule has 4 atom stereocenters. The standard InChI is InChI=1S/C55H39N3/c1-2-12-36-28-37(18-17-33(36)9-1)50-42-22-20-34-10-3-5-13-38(34)51(42)57-53(56-50)58-45-24-23-44-48(49(45)41-21-19-35-11-4-6-14-39(35)52(41)58)40-15-7-8-16-43(40)55(44)46-26-31-25-32-27-47(55)54(46,29-31)30-32/h1-24,28,31-32,46-47H,25-27,29-30H2. The van der Waals surface area contributed by atoms with E-state index in [9.17, 15) is 0 Å². The molecule has 8 aromatic carbocycles. The van der Waals surface area contributed by atoms with E-state index in [1.807, 2.05) is 0 Å². The highest BCUT2D eigenvalue weighted by Gasteiger charge is 2.79. The number of rotatable bonds is 2. The fraction of sp³-hybridized carbons (Fsp3) is 0.200. The fourth-order valence-corrected chi connectivity index (χ4v) is 14.7. The van der Waals surface area contributed by atoms with E-state index >= 15 is 0 Å². The van der Waals surface area contributed by atoms with Gasteiger partial charge in [-0.2, -0.15) is 0 Å². The van der Waals surface area contributed by atoms with Crippen LogP contribution < -0.4 is 0 Å². The van der Waals surface area contributed by atoms with Crippen molar-refractivity contribution in [3.05, 3.63) is 163 Å². The summed E-state index contributed by atoms with van der Waals surface area (Å²) in [6.45, 7) is 0. The molecular weight excluding hydrogens is 703 g/mol. The first-order chi connectivity index (χ1) is 28.7. The first-order valence-corrected chi connectivity index (χ1v) is 21.5. The molecular formula is C55H39N3. The quantitative estimate of drug-likeness (QED) is 0.165. The van der Waals surface area contributed by atoms with Gasteiger partial charge in [0.15, 0.2) is 0 Å². The Bertz CT molecular complexity index is 3470. The van der Waals surface area contributed by atoms with Crippen molar-refractivity contribution in [1.29, 1.82) is 0 Å². The first kappa shape index (κ1) is 30.8. The van der Waals surface area contributed by atoms with Crippen LogP contribution in [-0.2, 0) is 5.41 Å². The molecule has 5 aliphatic rings. The number of benzene rings is 8. The monoisotopic (exact) mass is 741 g/mol. The molecule has 0 amide bonds. The van der Waals surface area contributed by atoms with Gasteiger partial charge >= 0.3 is 0 Å². The van der Waals surface area contributed by atoms with Crippen molar-refractivity contribution in [3.8, 4) is 28.3 Å². The highest BCUT2D eigenvalue weighted by Crippen LogP contribution is 2.85. The summed E-state index contributed by atoms with van der Waals surface area (Å²) in [4.78, 5) is 11.3. The lowest BCUT2D eigenvalue weighted by molar-refractivity contribution is -0.0820. The van der Waals surface area contributed by atoms with E-state index in [1.54, 1.807) is 11.1 Å². The number of nitrogens with zero attached hydrogens (tertiary/aromatic N) is 3. The second-order valence-corrected chi connectivity index (χ2v) is 18.6. The van der Waals surface area contributed by atoms with Crippen LogP contribution in [0.15, 0.2) is 152 Å². The molecule has 4 saturated carbocycles. The summed E-state index contributed by atoms with van der Waals surface area (Å²) in [6, 6.07) is 56.8. The van der Waals surface area contributed by atoms with Crippen molar-refractivity contribution in [2.24, 2.45) is 29.1 Å². The maximum atomic E-state index is 5.68. The number of aromatic nitrogens is 3. The third kappa shape index (κ3) is 3.49. The van der Waals surface area contributed by atoms with Crippen LogP contribution >= 0.6 is 0 Å². The van der Waals surface area contributed by atoms with Gasteiger partial charge in [-0.15, -0.1) is 0 Å². The average Bonchev–Trinajstić information content (AvgIpc) is 3.93. The van der Waals surface area contributed by atoms with Gasteiger partial charge in [0, 0.05) is 37.9 Å². The van der Waals surface area contributed by atoms with Gasteiger partial charge in [0.2, 0.25) is 5.95 Å². The minimum atomic E-state index is 0.122. The maximum Gasteiger partial charge on any atom is 0.235 e. The van der Waals surface area contributed by atoms with Gasteiger partial charge in [-0.1, -0.05) is 133 Å². The lowest BCUT2D eigenvalue weighted by Gasteiger charge is -2.64. The van der Waals surface area contributed by atoms with Crippen molar-refractivity contribution in [2.45, 2.75) is 37.5 Å². The fourth-order valence-electron chi connectivity index (χ4n) is 14.7. The highest BCUT2D eigenvalue weighted by atomic mass is 15.2. The summed E-state index contributed by atoms with van der Waals surface area (Å²) in [5.41, 5.74) is 12.2. The molecule has 3 bridgehead atoms. The predicted octanol–water partition coefficient (Wildman–Crippen LogP) is 13.6. The largest absolute Gasteiger partial charge is 0.277 e. The molecule has 2 aromatic heterocycles. The van der Waals surface area contributed by atoms with E-state index in [-0.39, 0.29) is 5.41 Å². The Kier molecular flexibility index (Phi) is 5.52. The van der Waals surface area contributed by atoms with E-state index in [0.29, 0.717) is 5.41 Å². The Balaban J connectivity index is 1.08. The first-order valence-electron chi connectivity index (χ1n) is 21.5. The van der Waals surface area contributed by atoms with Gasteiger partial charge < -0.3 is 0 Å². The summed E-state index contributed by atoms with van der Waals surface area (Å²) in [6.07, 6.45) is 7.22. The van der Waals surface area contributed by atoms with Crippen LogP contribution in [0.2, 0.25) is 0 Å². The molecule has 0 saturated heterocycles. The molecule has 10 aromatic rings. The van der Waals surface area contributed by atoms with Crippen LogP contribution in [0, 0.1) is 29.1 Å². The zero-order chi connectivity index (χ0) is 37.5.